The number of carbonyl (C=O) groups is 1. The highest BCUT2D eigenvalue weighted by atomic mass is 32.2. The zero-order valence-corrected chi connectivity index (χ0v) is 15.3. The molecule has 120 valence electrons. The number of nitrogens with zero attached hydrogens (tertiary/aromatic N) is 3. The summed E-state index contributed by atoms with van der Waals surface area (Å²) in [6.07, 6.45) is 0. The minimum absolute atomic E-state index is 0.0944. The zero-order chi connectivity index (χ0) is 16.8. The number of aryl methyl sites for hydroxylation is 2. The minimum atomic E-state index is -0.0944. The van der Waals surface area contributed by atoms with Gasteiger partial charge >= 0.3 is 0 Å². The summed E-state index contributed by atoms with van der Waals surface area (Å²) in [5.41, 5.74) is 2.68. The molecule has 1 aromatic carbocycles. The molecule has 0 aliphatic rings. The van der Waals surface area contributed by atoms with Crippen molar-refractivity contribution >= 4 is 51.6 Å². The van der Waals surface area contributed by atoms with Crippen molar-refractivity contribution in [3.05, 3.63) is 23.3 Å². The molecule has 0 radical (unpaired) electrons. The number of aromatic nitrogens is 2. The molecule has 0 atom stereocenters. The van der Waals surface area contributed by atoms with Crippen LogP contribution in [-0.4, -0.2) is 28.9 Å². The Balaban J connectivity index is 1.98. The van der Waals surface area contributed by atoms with Crippen LogP contribution in [0.15, 0.2) is 21.4 Å². The van der Waals surface area contributed by atoms with Gasteiger partial charge in [-0.15, -0.1) is 10.2 Å². The van der Waals surface area contributed by atoms with Gasteiger partial charge in [0, 0.05) is 17.6 Å². The number of nitriles is 1. The summed E-state index contributed by atoms with van der Waals surface area (Å²) in [7, 11) is 1.78. The average Bonchev–Trinajstić information content (AvgIpc) is 2.97. The Labute approximate surface area is 147 Å². The van der Waals surface area contributed by atoms with Crippen LogP contribution < -0.4 is 10.6 Å². The van der Waals surface area contributed by atoms with E-state index in [1.54, 1.807) is 7.05 Å². The average molecular weight is 366 g/mol. The number of nitrogens with one attached hydrogen (secondary N) is 2. The largest absolute Gasteiger partial charge is 0.363 e. The van der Waals surface area contributed by atoms with Gasteiger partial charge in [-0.3, -0.25) is 4.79 Å². The second kappa shape index (κ2) is 8.19. The Kier molecular flexibility index (Phi) is 6.27. The van der Waals surface area contributed by atoms with E-state index in [0.29, 0.717) is 0 Å². The first-order valence-corrected chi connectivity index (χ1v) is 9.26. The second-order valence-corrected chi connectivity index (χ2v) is 7.64. The first-order chi connectivity index (χ1) is 11.0. The Morgan fingerprint density at radius 2 is 2.04 bits per heavy atom. The number of thiocyanates is 1. The lowest BCUT2D eigenvalue weighted by Gasteiger charge is -2.12. The fourth-order valence-corrected chi connectivity index (χ4v) is 3.99. The fourth-order valence-electron chi connectivity index (χ4n) is 1.90. The standard InChI is InChI=1S/C14H15N5OS3/c1-8-4-10(22-7-15)5-9(2)12(8)17-11(20)6-21-14-19-18-13(16-3)23-14/h4-5H,6H2,1-3H3,(H,16,18)(H,17,20). The maximum absolute atomic E-state index is 12.1. The van der Waals surface area contributed by atoms with Crippen molar-refractivity contribution < 1.29 is 4.79 Å². The van der Waals surface area contributed by atoms with Crippen LogP contribution in [0.3, 0.4) is 0 Å². The van der Waals surface area contributed by atoms with Gasteiger partial charge in [0.15, 0.2) is 4.34 Å². The summed E-state index contributed by atoms with van der Waals surface area (Å²) in [6, 6.07) is 3.79. The molecule has 1 heterocycles. The second-order valence-electron chi connectivity index (χ2n) is 4.59. The molecule has 0 aliphatic heterocycles. The molecule has 0 bridgehead atoms. The summed E-state index contributed by atoms with van der Waals surface area (Å²) in [5, 5.41) is 25.3. The van der Waals surface area contributed by atoms with Crippen LogP contribution in [0.1, 0.15) is 11.1 Å². The SMILES string of the molecule is CNc1nnc(SCC(=O)Nc2c(C)cc(SC#N)cc2C)s1. The lowest BCUT2D eigenvalue weighted by atomic mass is 10.1. The van der Waals surface area contributed by atoms with Crippen molar-refractivity contribution in [1.82, 2.24) is 10.2 Å². The quantitative estimate of drug-likeness (QED) is 0.598. The summed E-state index contributed by atoms with van der Waals surface area (Å²) < 4.78 is 0.749. The molecule has 2 rings (SSSR count). The Morgan fingerprint density at radius 3 is 2.61 bits per heavy atom. The Morgan fingerprint density at radius 1 is 1.35 bits per heavy atom. The van der Waals surface area contributed by atoms with Crippen LogP contribution >= 0.6 is 34.9 Å². The van der Waals surface area contributed by atoms with Crippen molar-refractivity contribution in [2.24, 2.45) is 0 Å². The number of benzene rings is 1. The van der Waals surface area contributed by atoms with Gasteiger partial charge in [-0.1, -0.05) is 23.1 Å². The van der Waals surface area contributed by atoms with Crippen molar-refractivity contribution in [1.29, 1.82) is 5.26 Å². The molecule has 1 amide bonds. The molecule has 23 heavy (non-hydrogen) atoms. The third kappa shape index (κ3) is 4.86. The van der Waals surface area contributed by atoms with Gasteiger partial charge in [-0.25, -0.2) is 0 Å². The van der Waals surface area contributed by atoms with Gasteiger partial charge in [-0.2, -0.15) is 5.26 Å². The summed E-state index contributed by atoms with van der Waals surface area (Å²) in [4.78, 5) is 13.0. The molecular formula is C14H15N5OS3. The molecule has 0 fully saturated rings. The number of thioether (sulfide) groups is 2. The molecule has 0 saturated carbocycles. The van der Waals surface area contributed by atoms with Crippen LogP contribution in [0, 0.1) is 24.5 Å². The van der Waals surface area contributed by atoms with Gasteiger partial charge in [0.25, 0.3) is 0 Å². The first kappa shape index (κ1) is 17.6. The van der Waals surface area contributed by atoms with Gasteiger partial charge < -0.3 is 10.6 Å². The highest BCUT2D eigenvalue weighted by molar-refractivity contribution is 8.03. The third-order valence-electron chi connectivity index (χ3n) is 2.88. The highest BCUT2D eigenvalue weighted by Gasteiger charge is 2.11. The Bertz CT molecular complexity index is 730. The van der Waals surface area contributed by atoms with Gasteiger partial charge in [0.1, 0.15) is 5.40 Å². The van der Waals surface area contributed by atoms with Gasteiger partial charge in [0.2, 0.25) is 11.0 Å². The maximum Gasteiger partial charge on any atom is 0.234 e. The first-order valence-electron chi connectivity index (χ1n) is 6.64. The van der Waals surface area contributed by atoms with Crippen LogP contribution in [0.4, 0.5) is 10.8 Å². The predicted octanol–water partition coefficient (Wildman–Crippen LogP) is 3.50. The molecule has 2 N–H and O–H groups in total. The molecule has 0 unspecified atom stereocenters. The van der Waals surface area contributed by atoms with Crippen molar-refractivity contribution in [3.63, 3.8) is 0 Å². The minimum Gasteiger partial charge on any atom is -0.363 e. The van der Waals surface area contributed by atoms with Crippen LogP contribution in [0.25, 0.3) is 0 Å². The van der Waals surface area contributed by atoms with E-state index in [0.717, 1.165) is 42.9 Å². The number of rotatable bonds is 6. The van der Waals surface area contributed by atoms with Crippen molar-refractivity contribution in [3.8, 4) is 5.40 Å². The molecular weight excluding hydrogens is 350 g/mol. The number of anilines is 2. The maximum atomic E-state index is 12.1. The van der Waals surface area contributed by atoms with E-state index in [4.69, 9.17) is 5.26 Å². The topological polar surface area (TPSA) is 90.7 Å². The zero-order valence-electron chi connectivity index (χ0n) is 12.8. The molecule has 1 aromatic heterocycles. The molecule has 0 saturated heterocycles. The van der Waals surface area contributed by atoms with E-state index in [1.807, 2.05) is 26.0 Å². The highest BCUT2D eigenvalue weighted by Crippen LogP contribution is 2.28. The normalized spacial score (nSPS) is 10.2. The lowest BCUT2D eigenvalue weighted by molar-refractivity contribution is -0.113. The smallest absolute Gasteiger partial charge is 0.234 e. The third-order valence-corrected chi connectivity index (χ3v) is 5.52. The predicted molar refractivity (Wildman–Crippen MR) is 96.2 cm³/mol. The van der Waals surface area contributed by atoms with Crippen LogP contribution in [-0.2, 0) is 4.79 Å². The van der Waals surface area contributed by atoms with Crippen LogP contribution in [0.5, 0.6) is 0 Å². The summed E-state index contributed by atoms with van der Waals surface area (Å²) in [5.74, 6) is 0.175. The van der Waals surface area contributed by atoms with E-state index < -0.39 is 0 Å². The van der Waals surface area contributed by atoms with Crippen molar-refractivity contribution in [2.45, 2.75) is 23.1 Å². The van der Waals surface area contributed by atoms with E-state index in [-0.39, 0.29) is 11.7 Å². The number of hydrogen-bond acceptors (Lipinski definition) is 8. The fraction of sp³-hybridized carbons (Fsp3) is 0.286. The Hall–Kier alpha value is -1.76. The van der Waals surface area contributed by atoms with Crippen LogP contribution in [0.2, 0.25) is 0 Å². The lowest BCUT2D eigenvalue weighted by Crippen LogP contribution is -2.15. The van der Waals surface area contributed by atoms with Crippen molar-refractivity contribution in [2.75, 3.05) is 23.4 Å². The van der Waals surface area contributed by atoms with E-state index in [9.17, 15) is 4.79 Å². The summed E-state index contributed by atoms with van der Waals surface area (Å²) in [6.45, 7) is 3.84. The molecule has 2 aromatic rings. The molecule has 0 aliphatic carbocycles. The number of hydrogen-bond donors (Lipinski definition) is 2. The monoisotopic (exact) mass is 365 g/mol. The van der Waals surface area contributed by atoms with E-state index in [1.165, 1.54) is 23.1 Å². The molecule has 0 spiro atoms. The van der Waals surface area contributed by atoms with E-state index >= 15 is 0 Å². The number of amides is 1. The number of carbonyl (C=O) groups excluding carboxylic acids is 1. The molecule has 6 nitrogen and oxygen atoms in total. The van der Waals surface area contributed by atoms with E-state index in [2.05, 4.69) is 26.2 Å². The van der Waals surface area contributed by atoms with Gasteiger partial charge in [0.05, 0.1) is 5.75 Å². The molecule has 9 heteroatoms. The van der Waals surface area contributed by atoms with Gasteiger partial charge in [-0.05, 0) is 48.9 Å². The summed E-state index contributed by atoms with van der Waals surface area (Å²) >= 11 is 3.88.